The highest BCUT2D eigenvalue weighted by Gasteiger charge is 2.10. The van der Waals surface area contributed by atoms with E-state index in [1.54, 1.807) is 24.3 Å². The minimum absolute atomic E-state index is 0.0916. The summed E-state index contributed by atoms with van der Waals surface area (Å²) in [5, 5.41) is 2.71. The van der Waals surface area contributed by atoms with E-state index in [4.69, 9.17) is 4.74 Å². The lowest BCUT2D eigenvalue weighted by Gasteiger charge is -2.11. The van der Waals surface area contributed by atoms with Gasteiger partial charge in [0, 0.05) is 5.56 Å². The fourth-order valence-corrected chi connectivity index (χ4v) is 2.18. The molecular weight excluding hydrogens is 290 g/mol. The first kappa shape index (κ1) is 16.7. The lowest BCUT2D eigenvalue weighted by molar-refractivity contribution is -0.118. The Morgan fingerprint density at radius 3 is 2.30 bits per heavy atom. The molecule has 0 unspecified atom stereocenters. The van der Waals surface area contributed by atoms with Crippen molar-refractivity contribution in [2.75, 3.05) is 11.9 Å². The Balaban J connectivity index is 1.94. The Labute approximate surface area is 136 Å². The summed E-state index contributed by atoms with van der Waals surface area (Å²) >= 11 is 0. The number of carbonyl (C=O) groups is 2. The van der Waals surface area contributed by atoms with Crippen LogP contribution in [0.5, 0.6) is 5.75 Å². The summed E-state index contributed by atoms with van der Waals surface area (Å²) in [5.41, 5.74) is 2.21. The van der Waals surface area contributed by atoms with Gasteiger partial charge in [-0.15, -0.1) is 0 Å². The van der Waals surface area contributed by atoms with Crippen molar-refractivity contribution in [1.29, 1.82) is 0 Å². The van der Waals surface area contributed by atoms with Gasteiger partial charge in [0.05, 0.1) is 5.69 Å². The van der Waals surface area contributed by atoms with Crippen molar-refractivity contribution in [2.45, 2.75) is 26.7 Å². The molecule has 4 heteroatoms. The molecule has 0 heterocycles. The van der Waals surface area contributed by atoms with E-state index >= 15 is 0 Å². The highest BCUT2D eigenvalue weighted by Crippen LogP contribution is 2.19. The van der Waals surface area contributed by atoms with Gasteiger partial charge in [0.15, 0.2) is 12.4 Å². The first-order valence-electron chi connectivity index (χ1n) is 7.60. The largest absolute Gasteiger partial charge is 0.484 e. The fourth-order valence-electron chi connectivity index (χ4n) is 2.18. The second-order valence-electron chi connectivity index (χ2n) is 5.66. The van der Waals surface area contributed by atoms with Gasteiger partial charge in [0.1, 0.15) is 5.75 Å². The number of ether oxygens (including phenoxy) is 1. The van der Waals surface area contributed by atoms with Gasteiger partial charge in [-0.25, -0.2) is 0 Å². The molecule has 4 nitrogen and oxygen atoms in total. The molecule has 0 atom stereocenters. The number of para-hydroxylation sites is 1. The lowest BCUT2D eigenvalue weighted by Crippen LogP contribution is -2.21. The highest BCUT2D eigenvalue weighted by atomic mass is 16.5. The molecule has 1 amide bonds. The van der Waals surface area contributed by atoms with Gasteiger partial charge in [-0.3, -0.25) is 9.59 Å². The zero-order valence-electron chi connectivity index (χ0n) is 13.6. The van der Waals surface area contributed by atoms with Crippen LogP contribution in [0.1, 0.15) is 42.6 Å². The van der Waals surface area contributed by atoms with Crippen LogP contribution < -0.4 is 10.1 Å². The average Bonchev–Trinajstić information content (AvgIpc) is 2.53. The van der Waals surface area contributed by atoms with Gasteiger partial charge in [-0.1, -0.05) is 38.1 Å². The SMILES string of the molecule is CC(=O)c1ccccc1NC(=O)COc1ccc(C(C)C)cc1. The predicted molar refractivity (Wildman–Crippen MR) is 91.1 cm³/mol. The summed E-state index contributed by atoms with van der Waals surface area (Å²) in [4.78, 5) is 23.5. The zero-order valence-corrected chi connectivity index (χ0v) is 13.6. The van der Waals surface area contributed by atoms with Crippen LogP contribution in [0.15, 0.2) is 48.5 Å². The van der Waals surface area contributed by atoms with Crippen molar-refractivity contribution in [3.8, 4) is 5.75 Å². The summed E-state index contributed by atoms with van der Waals surface area (Å²) in [5.74, 6) is 0.706. The van der Waals surface area contributed by atoms with Crippen molar-refractivity contribution in [1.82, 2.24) is 0 Å². The Morgan fingerprint density at radius 1 is 1.04 bits per heavy atom. The van der Waals surface area contributed by atoms with E-state index < -0.39 is 0 Å². The van der Waals surface area contributed by atoms with Crippen molar-refractivity contribution in [3.63, 3.8) is 0 Å². The topological polar surface area (TPSA) is 55.4 Å². The minimum atomic E-state index is -0.299. The van der Waals surface area contributed by atoms with E-state index in [2.05, 4.69) is 19.2 Å². The van der Waals surface area contributed by atoms with E-state index in [9.17, 15) is 9.59 Å². The van der Waals surface area contributed by atoms with Gasteiger partial charge >= 0.3 is 0 Å². The second-order valence-corrected chi connectivity index (χ2v) is 5.66. The number of amides is 1. The molecule has 0 fully saturated rings. The second kappa shape index (κ2) is 7.58. The van der Waals surface area contributed by atoms with Crippen molar-refractivity contribution in [2.24, 2.45) is 0 Å². The Morgan fingerprint density at radius 2 is 1.70 bits per heavy atom. The molecule has 0 bridgehead atoms. The van der Waals surface area contributed by atoms with Crippen molar-refractivity contribution in [3.05, 3.63) is 59.7 Å². The maximum absolute atomic E-state index is 12.0. The molecule has 0 aliphatic heterocycles. The summed E-state index contributed by atoms with van der Waals surface area (Å²) in [7, 11) is 0. The van der Waals surface area contributed by atoms with Gasteiger partial charge in [0.25, 0.3) is 5.91 Å². The van der Waals surface area contributed by atoms with Crippen LogP contribution in [0.3, 0.4) is 0 Å². The molecular formula is C19H21NO3. The van der Waals surface area contributed by atoms with E-state index in [0.717, 1.165) is 0 Å². The molecule has 1 N–H and O–H groups in total. The molecule has 0 spiro atoms. The van der Waals surface area contributed by atoms with Gasteiger partial charge in [0.2, 0.25) is 0 Å². The Hall–Kier alpha value is -2.62. The van der Waals surface area contributed by atoms with Crippen molar-refractivity contribution < 1.29 is 14.3 Å². The molecule has 0 aliphatic rings. The summed E-state index contributed by atoms with van der Waals surface area (Å²) in [6.45, 7) is 5.61. The number of hydrogen-bond acceptors (Lipinski definition) is 3. The van der Waals surface area contributed by atoms with Crippen LogP contribution >= 0.6 is 0 Å². The van der Waals surface area contributed by atoms with Crippen LogP contribution in [0.25, 0.3) is 0 Å². The number of benzene rings is 2. The monoisotopic (exact) mass is 311 g/mol. The third-order valence-electron chi connectivity index (χ3n) is 3.50. The van der Waals surface area contributed by atoms with E-state index in [0.29, 0.717) is 22.9 Å². The van der Waals surface area contributed by atoms with Crippen LogP contribution in [0.2, 0.25) is 0 Å². The number of Topliss-reactive ketones (excluding diaryl/α,β-unsaturated/α-hetero) is 1. The molecule has 120 valence electrons. The van der Waals surface area contributed by atoms with Crippen LogP contribution in [-0.4, -0.2) is 18.3 Å². The third-order valence-corrected chi connectivity index (χ3v) is 3.50. The number of nitrogens with one attached hydrogen (secondary N) is 1. The molecule has 2 aromatic carbocycles. The van der Waals surface area contributed by atoms with Crippen LogP contribution in [0, 0.1) is 0 Å². The summed E-state index contributed by atoms with van der Waals surface area (Å²) in [6, 6.07) is 14.6. The molecule has 0 saturated carbocycles. The first-order valence-corrected chi connectivity index (χ1v) is 7.60. The van der Waals surface area contributed by atoms with E-state index in [1.165, 1.54) is 12.5 Å². The molecule has 0 saturated heterocycles. The summed E-state index contributed by atoms with van der Waals surface area (Å²) in [6.07, 6.45) is 0. The van der Waals surface area contributed by atoms with Gasteiger partial charge in [-0.05, 0) is 42.7 Å². The maximum Gasteiger partial charge on any atom is 0.262 e. The Kier molecular flexibility index (Phi) is 5.52. The number of anilines is 1. The third kappa shape index (κ3) is 4.68. The highest BCUT2D eigenvalue weighted by molar-refractivity contribution is 6.03. The molecule has 2 aromatic rings. The quantitative estimate of drug-likeness (QED) is 0.819. The van der Waals surface area contributed by atoms with Gasteiger partial charge in [-0.2, -0.15) is 0 Å². The zero-order chi connectivity index (χ0) is 16.8. The standard InChI is InChI=1S/C19H21NO3/c1-13(2)15-8-10-16(11-9-15)23-12-19(22)20-18-7-5-4-6-17(18)14(3)21/h4-11,13H,12H2,1-3H3,(H,20,22). The van der Waals surface area contributed by atoms with Crippen LogP contribution in [-0.2, 0) is 4.79 Å². The summed E-state index contributed by atoms with van der Waals surface area (Å²) < 4.78 is 5.48. The number of ketones is 1. The molecule has 0 aliphatic carbocycles. The Bertz CT molecular complexity index is 690. The normalized spacial score (nSPS) is 10.4. The van der Waals surface area contributed by atoms with Crippen molar-refractivity contribution >= 4 is 17.4 Å². The smallest absolute Gasteiger partial charge is 0.262 e. The van der Waals surface area contributed by atoms with Gasteiger partial charge < -0.3 is 10.1 Å². The molecule has 2 rings (SSSR count). The number of hydrogen-bond donors (Lipinski definition) is 1. The lowest BCUT2D eigenvalue weighted by atomic mass is 10.0. The molecule has 0 aromatic heterocycles. The maximum atomic E-state index is 12.0. The molecule has 23 heavy (non-hydrogen) atoms. The number of carbonyl (C=O) groups excluding carboxylic acids is 2. The predicted octanol–water partition coefficient (Wildman–Crippen LogP) is 4.03. The minimum Gasteiger partial charge on any atom is -0.484 e. The molecule has 0 radical (unpaired) electrons. The average molecular weight is 311 g/mol. The van der Waals surface area contributed by atoms with E-state index in [-0.39, 0.29) is 18.3 Å². The van der Waals surface area contributed by atoms with E-state index in [1.807, 2.05) is 24.3 Å². The van der Waals surface area contributed by atoms with Crippen LogP contribution in [0.4, 0.5) is 5.69 Å². The number of rotatable bonds is 6. The fraction of sp³-hybridized carbons (Fsp3) is 0.263. The first-order chi connectivity index (χ1) is 11.0.